The van der Waals surface area contributed by atoms with E-state index < -0.39 is 5.97 Å². The fourth-order valence-electron chi connectivity index (χ4n) is 1.46. The molecule has 0 aliphatic heterocycles. The molecule has 0 aliphatic rings. The molecule has 0 saturated carbocycles. The first-order valence-corrected chi connectivity index (χ1v) is 4.44. The second kappa shape index (κ2) is 4.12. The molecule has 13 heavy (non-hydrogen) atoms. The Morgan fingerprint density at radius 1 is 1.54 bits per heavy atom. The lowest BCUT2D eigenvalue weighted by Crippen LogP contribution is -2.21. The summed E-state index contributed by atoms with van der Waals surface area (Å²) in [6.07, 6.45) is 1.61. The maximum Gasteiger partial charge on any atom is 0.0414 e. The first-order valence-electron chi connectivity index (χ1n) is 4.44. The van der Waals surface area contributed by atoms with Crippen molar-refractivity contribution in [2.45, 2.75) is 33.1 Å². The van der Waals surface area contributed by atoms with Crippen molar-refractivity contribution < 1.29 is 9.90 Å². The van der Waals surface area contributed by atoms with Gasteiger partial charge in [-0.2, -0.15) is 0 Å². The standard InChI is InChI=1S/C10H15NO2/c1-7-6-9(8(2)11-7)4-3-5-10(12)13/h6,11H,3-5H2,1-2H3,(H,12,13)/p-1. The molecule has 0 saturated heterocycles. The SMILES string of the molecule is Cc1cc(CCCC(=O)[O-])c(C)[nH]1. The molecule has 1 aromatic rings. The van der Waals surface area contributed by atoms with Crippen molar-refractivity contribution >= 4 is 5.97 Å². The zero-order chi connectivity index (χ0) is 9.84. The van der Waals surface area contributed by atoms with Crippen LogP contribution in [0.5, 0.6) is 0 Å². The molecule has 1 N–H and O–H groups in total. The summed E-state index contributed by atoms with van der Waals surface area (Å²) in [6, 6.07) is 2.06. The fourth-order valence-corrected chi connectivity index (χ4v) is 1.46. The van der Waals surface area contributed by atoms with E-state index in [1.165, 1.54) is 5.56 Å². The van der Waals surface area contributed by atoms with E-state index in [1.54, 1.807) is 0 Å². The van der Waals surface area contributed by atoms with Gasteiger partial charge in [0, 0.05) is 17.4 Å². The third-order valence-electron chi connectivity index (χ3n) is 2.08. The van der Waals surface area contributed by atoms with E-state index in [0.717, 1.165) is 17.8 Å². The summed E-state index contributed by atoms with van der Waals surface area (Å²) in [5.41, 5.74) is 3.47. The number of carboxylic acids is 1. The maximum atomic E-state index is 10.2. The first-order chi connectivity index (χ1) is 6.09. The smallest absolute Gasteiger partial charge is 0.0414 e. The van der Waals surface area contributed by atoms with Gasteiger partial charge in [0.25, 0.3) is 0 Å². The van der Waals surface area contributed by atoms with Gasteiger partial charge >= 0.3 is 0 Å². The summed E-state index contributed by atoms with van der Waals surface area (Å²) in [6.45, 7) is 4.00. The number of aliphatic carboxylic acids is 1. The average Bonchev–Trinajstić information content (AvgIpc) is 2.29. The van der Waals surface area contributed by atoms with Crippen molar-refractivity contribution in [2.75, 3.05) is 0 Å². The molecule has 0 aromatic carbocycles. The van der Waals surface area contributed by atoms with E-state index >= 15 is 0 Å². The van der Waals surface area contributed by atoms with Crippen molar-refractivity contribution in [3.05, 3.63) is 23.0 Å². The van der Waals surface area contributed by atoms with Crippen molar-refractivity contribution in [3.8, 4) is 0 Å². The second-order valence-electron chi connectivity index (χ2n) is 3.33. The van der Waals surface area contributed by atoms with Crippen LogP contribution < -0.4 is 5.11 Å². The Kier molecular flexibility index (Phi) is 3.12. The summed E-state index contributed by atoms with van der Waals surface area (Å²) in [7, 11) is 0. The van der Waals surface area contributed by atoms with Gasteiger partial charge < -0.3 is 14.9 Å². The number of carbonyl (C=O) groups is 1. The molecule has 72 valence electrons. The number of nitrogens with one attached hydrogen (secondary N) is 1. The summed E-state index contributed by atoms with van der Waals surface area (Å²) in [4.78, 5) is 13.3. The van der Waals surface area contributed by atoms with Gasteiger partial charge in [0.1, 0.15) is 0 Å². The predicted molar refractivity (Wildman–Crippen MR) is 48.2 cm³/mol. The third-order valence-corrected chi connectivity index (χ3v) is 2.08. The number of aromatic nitrogens is 1. The quantitative estimate of drug-likeness (QED) is 0.741. The van der Waals surface area contributed by atoms with Gasteiger partial charge in [0.2, 0.25) is 0 Å². The summed E-state index contributed by atoms with van der Waals surface area (Å²) < 4.78 is 0. The van der Waals surface area contributed by atoms with Crippen LogP contribution in [0, 0.1) is 13.8 Å². The van der Waals surface area contributed by atoms with Crippen molar-refractivity contribution in [3.63, 3.8) is 0 Å². The Hall–Kier alpha value is -1.25. The molecule has 0 spiro atoms. The molecular weight excluding hydrogens is 166 g/mol. The van der Waals surface area contributed by atoms with Crippen LogP contribution in [0.4, 0.5) is 0 Å². The normalized spacial score (nSPS) is 10.3. The minimum atomic E-state index is -0.968. The number of aromatic amines is 1. The molecule has 1 rings (SSSR count). The van der Waals surface area contributed by atoms with Crippen LogP contribution in [-0.4, -0.2) is 11.0 Å². The van der Waals surface area contributed by atoms with Gasteiger partial charge in [-0.1, -0.05) is 0 Å². The first kappa shape index (κ1) is 9.84. The molecule has 1 aromatic heterocycles. The zero-order valence-corrected chi connectivity index (χ0v) is 8.02. The topological polar surface area (TPSA) is 55.9 Å². The number of rotatable bonds is 4. The number of H-pyrrole nitrogens is 1. The van der Waals surface area contributed by atoms with Gasteiger partial charge in [-0.25, -0.2) is 0 Å². The highest BCUT2D eigenvalue weighted by Crippen LogP contribution is 2.12. The molecule has 0 atom stereocenters. The Labute approximate surface area is 77.8 Å². The highest BCUT2D eigenvalue weighted by molar-refractivity contribution is 5.64. The number of carbonyl (C=O) groups excluding carboxylic acids is 1. The van der Waals surface area contributed by atoms with Crippen molar-refractivity contribution in [1.82, 2.24) is 4.98 Å². The average molecular weight is 180 g/mol. The molecule has 0 radical (unpaired) electrons. The zero-order valence-electron chi connectivity index (χ0n) is 8.02. The van der Waals surface area contributed by atoms with E-state index in [2.05, 4.69) is 11.1 Å². The van der Waals surface area contributed by atoms with Crippen LogP contribution in [-0.2, 0) is 11.2 Å². The lowest BCUT2D eigenvalue weighted by Gasteiger charge is -2.01. The van der Waals surface area contributed by atoms with Crippen LogP contribution >= 0.6 is 0 Å². The molecule has 0 fully saturated rings. The maximum absolute atomic E-state index is 10.2. The van der Waals surface area contributed by atoms with E-state index in [4.69, 9.17) is 0 Å². The molecular formula is C10H14NO2-. The largest absolute Gasteiger partial charge is 0.550 e. The Balaban J connectivity index is 2.45. The summed E-state index contributed by atoms with van der Waals surface area (Å²) >= 11 is 0. The monoisotopic (exact) mass is 180 g/mol. The van der Waals surface area contributed by atoms with Gasteiger partial charge in [0.15, 0.2) is 0 Å². The molecule has 0 amide bonds. The van der Waals surface area contributed by atoms with E-state index in [0.29, 0.717) is 6.42 Å². The molecule has 0 aliphatic carbocycles. The Morgan fingerprint density at radius 2 is 2.23 bits per heavy atom. The molecule has 3 nitrogen and oxygen atoms in total. The van der Waals surface area contributed by atoms with Crippen LogP contribution in [0.3, 0.4) is 0 Å². The van der Waals surface area contributed by atoms with Crippen LogP contribution in [0.2, 0.25) is 0 Å². The van der Waals surface area contributed by atoms with Gasteiger partial charge in [-0.3, -0.25) is 0 Å². The van der Waals surface area contributed by atoms with Gasteiger partial charge in [-0.05, 0) is 44.7 Å². The van der Waals surface area contributed by atoms with E-state index in [-0.39, 0.29) is 6.42 Å². The van der Waals surface area contributed by atoms with Gasteiger partial charge in [-0.15, -0.1) is 0 Å². The Morgan fingerprint density at radius 3 is 2.69 bits per heavy atom. The van der Waals surface area contributed by atoms with Crippen molar-refractivity contribution in [1.29, 1.82) is 0 Å². The van der Waals surface area contributed by atoms with Crippen LogP contribution in [0.15, 0.2) is 6.07 Å². The highest BCUT2D eigenvalue weighted by Gasteiger charge is 2.00. The lowest BCUT2D eigenvalue weighted by atomic mass is 10.1. The van der Waals surface area contributed by atoms with E-state index in [9.17, 15) is 9.90 Å². The minimum Gasteiger partial charge on any atom is -0.550 e. The molecule has 3 heteroatoms. The minimum absolute atomic E-state index is 0.143. The third kappa shape index (κ3) is 2.93. The number of hydrogen-bond acceptors (Lipinski definition) is 2. The summed E-state index contributed by atoms with van der Waals surface area (Å²) in [5, 5.41) is 10.2. The highest BCUT2D eigenvalue weighted by atomic mass is 16.4. The van der Waals surface area contributed by atoms with E-state index in [1.807, 2.05) is 13.8 Å². The predicted octanol–water partition coefficient (Wildman–Crippen LogP) is 0.704. The lowest BCUT2D eigenvalue weighted by molar-refractivity contribution is -0.305. The van der Waals surface area contributed by atoms with Crippen LogP contribution in [0.1, 0.15) is 29.8 Å². The number of hydrogen-bond donors (Lipinski definition) is 1. The number of carboxylic acid groups (broad SMARTS) is 1. The molecule has 1 heterocycles. The second-order valence-corrected chi connectivity index (χ2v) is 3.33. The van der Waals surface area contributed by atoms with Crippen molar-refractivity contribution in [2.24, 2.45) is 0 Å². The Bertz CT molecular complexity index is 302. The fraction of sp³-hybridized carbons (Fsp3) is 0.500. The molecule has 0 unspecified atom stereocenters. The van der Waals surface area contributed by atoms with Gasteiger partial charge in [0.05, 0.1) is 0 Å². The van der Waals surface area contributed by atoms with Crippen LogP contribution in [0.25, 0.3) is 0 Å². The number of aryl methyl sites for hydroxylation is 3. The summed E-state index contributed by atoms with van der Waals surface area (Å²) in [5.74, 6) is -0.968. The molecule has 0 bridgehead atoms.